The number of aryl methyl sites for hydroxylation is 1. The molecule has 0 aliphatic rings. The van der Waals surface area contributed by atoms with Crippen molar-refractivity contribution in [2.24, 2.45) is 5.10 Å². The Morgan fingerprint density at radius 1 is 1.21 bits per heavy atom. The maximum absolute atomic E-state index is 13.7. The summed E-state index contributed by atoms with van der Waals surface area (Å²) in [5.41, 5.74) is 3.32. The van der Waals surface area contributed by atoms with Crippen molar-refractivity contribution in [3.63, 3.8) is 0 Å². The zero-order valence-electron chi connectivity index (χ0n) is 15.6. The molecule has 0 spiro atoms. The third kappa shape index (κ3) is 5.04. The number of methoxy groups -OCH3 is 1. The number of nitrogens with one attached hydrogen (secondary N) is 2. The van der Waals surface area contributed by atoms with Crippen molar-refractivity contribution in [3.05, 3.63) is 81.5 Å². The van der Waals surface area contributed by atoms with E-state index in [1.807, 2.05) is 0 Å². The van der Waals surface area contributed by atoms with Crippen LogP contribution in [0.4, 0.5) is 10.3 Å². The summed E-state index contributed by atoms with van der Waals surface area (Å²) >= 11 is 0. The molecule has 3 rings (SSSR count). The van der Waals surface area contributed by atoms with Gasteiger partial charge in [-0.25, -0.2) is 19.6 Å². The van der Waals surface area contributed by atoms with E-state index in [4.69, 9.17) is 9.47 Å². The fourth-order valence-electron chi connectivity index (χ4n) is 2.43. The lowest BCUT2D eigenvalue weighted by atomic mass is 10.2. The quantitative estimate of drug-likeness (QED) is 0.287. The molecule has 0 fully saturated rings. The number of rotatable bonds is 6. The van der Waals surface area contributed by atoms with Crippen LogP contribution in [0.1, 0.15) is 21.6 Å². The number of H-pyrrole nitrogens is 1. The number of carbonyl (C=O) groups is 1. The molecule has 0 atom stereocenters. The van der Waals surface area contributed by atoms with Crippen LogP contribution in [0.2, 0.25) is 0 Å². The van der Waals surface area contributed by atoms with Gasteiger partial charge in [0.2, 0.25) is 5.95 Å². The largest absolute Gasteiger partial charge is 0.493 e. The molecule has 0 radical (unpaired) electrons. The standard InChI is InChI=1S/C20H17FN4O4/c1-12-9-18(26)24-20(23-12)25-22-11-13-7-8-16(17(10-13)28-2)29-19(27)14-5-3-4-6-15(14)21/h3-11H,1-2H3,(H2,23,24,25,26)/b22-11-. The second-order valence-corrected chi connectivity index (χ2v) is 5.89. The van der Waals surface area contributed by atoms with Crippen molar-refractivity contribution >= 4 is 18.1 Å². The summed E-state index contributed by atoms with van der Waals surface area (Å²) in [6, 6.07) is 11.6. The van der Waals surface area contributed by atoms with Gasteiger partial charge in [-0.1, -0.05) is 12.1 Å². The number of aromatic amines is 1. The average Bonchev–Trinajstić information content (AvgIpc) is 2.68. The van der Waals surface area contributed by atoms with Gasteiger partial charge in [-0.2, -0.15) is 5.10 Å². The van der Waals surface area contributed by atoms with Crippen molar-refractivity contribution < 1.29 is 18.7 Å². The monoisotopic (exact) mass is 396 g/mol. The van der Waals surface area contributed by atoms with E-state index in [2.05, 4.69) is 20.5 Å². The number of halogens is 1. The van der Waals surface area contributed by atoms with E-state index >= 15 is 0 Å². The molecular weight excluding hydrogens is 379 g/mol. The van der Waals surface area contributed by atoms with Gasteiger partial charge < -0.3 is 9.47 Å². The molecule has 1 aromatic heterocycles. The summed E-state index contributed by atoms with van der Waals surface area (Å²) < 4.78 is 24.2. The number of hydrogen-bond donors (Lipinski definition) is 2. The summed E-state index contributed by atoms with van der Waals surface area (Å²) in [6.07, 6.45) is 1.47. The van der Waals surface area contributed by atoms with E-state index in [1.54, 1.807) is 25.1 Å². The predicted molar refractivity (Wildman–Crippen MR) is 105 cm³/mol. The van der Waals surface area contributed by atoms with Crippen molar-refractivity contribution in [2.75, 3.05) is 12.5 Å². The lowest BCUT2D eigenvalue weighted by Crippen LogP contribution is -2.11. The van der Waals surface area contributed by atoms with Gasteiger partial charge in [-0.05, 0) is 42.8 Å². The number of anilines is 1. The normalized spacial score (nSPS) is 10.7. The topological polar surface area (TPSA) is 106 Å². The van der Waals surface area contributed by atoms with Crippen molar-refractivity contribution in [1.29, 1.82) is 0 Å². The molecule has 3 aromatic rings. The van der Waals surface area contributed by atoms with Crippen molar-refractivity contribution in [2.45, 2.75) is 6.92 Å². The Morgan fingerprint density at radius 2 is 2.00 bits per heavy atom. The second kappa shape index (κ2) is 8.79. The minimum atomic E-state index is -0.834. The first kappa shape index (κ1) is 19.7. The molecule has 0 saturated heterocycles. The van der Waals surface area contributed by atoms with Crippen LogP contribution in [0.3, 0.4) is 0 Å². The third-order valence-corrected chi connectivity index (χ3v) is 3.74. The zero-order chi connectivity index (χ0) is 20.8. The van der Waals surface area contributed by atoms with E-state index < -0.39 is 11.8 Å². The van der Waals surface area contributed by atoms with E-state index in [-0.39, 0.29) is 28.6 Å². The molecule has 0 aliphatic heterocycles. The predicted octanol–water partition coefficient (Wildman–Crippen LogP) is 2.89. The fraction of sp³-hybridized carbons (Fsp3) is 0.100. The molecule has 0 aliphatic carbocycles. The zero-order valence-corrected chi connectivity index (χ0v) is 15.6. The molecule has 0 unspecified atom stereocenters. The lowest BCUT2D eigenvalue weighted by Gasteiger charge is -2.10. The van der Waals surface area contributed by atoms with Gasteiger partial charge >= 0.3 is 5.97 Å². The van der Waals surface area contributed by atoms with E-state index in [1.165, 1.54) is 43.7 Å². The van der Waals surface area contributed by atoms with Gasteiger partial charge in [0.25, 0.3) is 5.56 Å². The number of ether oxygens (including phenoxy) is 2. The van der Waals surface area contributed by atoms with Crippen LogP contribution in [0.25, 0.3) is 0 Å². The highest BCUT2D eigenvalue weighted by atomic mass is 19.1. The molecule has 2 aromatic carbocycles. The van der Waals surface area contributed by atoms with Gasteiger partial charge in [0, 0.05) is 11.8 Å². The van der Waals surface area contributed by atoms with Crippen molar-refractivity contribution in [1.82, 2.24) is 9.97 Å². The third-order valence-electron chi connectivity index (χ3n) is 3.74. The minimum Gasteiger partial charge on any atom is -0.493 e. The van der Waals surface area contributed by atoms with Gasteiger partial charge in [0.15, 0.2) is 11.5 Å². The van der Waals surface area contributed by atoms with Crippen LogP contribution in [-0.4, -0.2) is 29.3 Å². The first-order valence-electron chi connectivity index (χ1n) is 8.48. The van der Waals surface area contributed by atoms with Gasteiger partial charge in [-0.15, -0.1) is 0 Å². The Labute approximate surface area is 165 Å². The van der Waals surface area contributed by atoms with Crippen LogP contribution in [0.5, 0.6) is 11.5 Å². The summed E-state index contributed by atoms with van der Waals surface area (Å²) in [6.45, 7) is 1.69. The molecule has 148 valence electrons. The second-order valence-electron chi connectivity index (χ2n) is 5.89. The maximum Gasteiger partial charge on any atom is 0.346 e. The van der Waals surface area contributed by atoms with E-state index in [0.29, 0.717) is 11.3 Å². The van der Waals surface area contributed by atoms with Crippen LogP contribution in [0.15, 0.2) is 58.4 Å². The number of nitrogens with zero attached hydrogens (tertiary/aromatic N) is 2. The molecule has 1 heterocycles. The van der Waals surface area contributed by atoms with Gasteiger partial charge in [-0.3, -0.25) is 9.78 Å². The van der Waals surface area contributed by atoms with Crippen LogP contribution >= 0.6 is 0 Å². The number of aromatic nitrogens is 2. The molecule has 29 heavy (non-hydrogen) atoms. The summed E-state index contributed by atoms with van der Waals surface area (Å²) in [5.74, 6) is -0.905. The van der Waals surface area contributed by atoms with Gasteiger partial charge in [0.1, 0.15) is 5.82 Å². The highest BCUT2D eigenvalue weighted by molar-refractivity contribution is 5.92. The maximum atomic E-state index is 13.7. The van der Waals surface area contributed by atoms with Crippen LogP contribution in [0, 0.1) is 12.7 Å². The minimum absolute atomic E-state index is 0.135. The Morgan fingerprint density at radius 3 is 2.72 bits per heavy atom. The lowest BCUT2D eigenvalue weighted by molar-refractivity contribution is 0.0725. The molecule has 0 saturated carbocycles. The highest BCUT2D eigenvalue weighted by Gasteiger charge is 2.16. The number of hydrogen-bond acceptors (Lipinski definition) is 7. The number of benzene rings is 2. The van der Waals surface area contributed by atoms with Crippen LogP contribution in [-0.2, 0) is 0 Å². The van der Waals surface area contributed by atoms with E-state index in [0.717, 1.165) is 0 Å². The van der Waals surface area contributed by atoms with Crippen molar-refractivity contribution in [3.8, 4) is 11.5 Å². The molecular formula is C20H17FN4O4. The average molecular weight is 396 g/mol. The smallest absolute Gasteiger partial charge is 0.346 e. The fourth-order valence-corrected chi connectivity index (χ4v) is 2.43. The summed E-state index contributed by atoms with van der Waals surface area (Å²) in [4.78, 5) is 30.2. The summed E-state index contributed by atoms with van der Waals surface area (Å²) in [7, 11) is 1.41. The number of hydrazone groups is 1. The van der Waals surface area contributed by atoms with Crippen LogP contribution < -0.4 is 20.5 Å². The number of esters is 1. The van der Waals surface area contributed by atoms with E-state index in [9.17, 15) is 14.0 Å². The van der Waals surface area contributed by atoms with Gasteiger partial charge in [0.05, 0.1) is 18.9 Å². The first-order valence-corrected chi connectivity index (χ1v) is 8.48. The molecule has 0 bridgehead atoms. The Bertz CT molecular complexity index is 1130. The number of carbonyl (C=O) groups excluding carboxylic acids is 1. The Balaban J connectivity index is 1.73. The Hall–Kier alpha value is -4.01. The molecule has 9 heteroatoms. The molecule has 0 amide bonds. The SMILES string of the molecule is COc1cc(/C=N\Nc2nc(C)cc(=O)[nH]2)ccc1OC(=O)c1ccccc1F. The highest BCUT2D eigenvalue weighted by Crippen LogP contribution is 2.28. The molecule has 2 N–H and O–H groups in total. The first-order chi connectivity index (χ1) is 14.0. The Kier molecular flexibility index (Phi) is 5.98. The molecule has 8 nitrogen and oxygen atoms in total. The summed E-state index contributed by atoms with van der Waals surface area (Å²) in [5, 5.41) is 4.00.